The Kier molecular flexibility index (Phi) is 4.79. The lowest BCUT2D eigenvalue weighted by molar-refractivity contribution is 0.308. The minimum atomic E-state index is 0.398. The molecule has 0 amide bonds. The van der Waals surface area contributed by atoms with Crippen LogP contribution in [0.2, 0.25) is 0 Å². The predicted octanol–water partition coefficient (Wildman–Crippen LogP) is 2.94. The second kappa shape index (κ2) is 6.35. The highest BCUT2D eigenvalue weighted by atomic mass is 15.1. The molecule has 100 valence electrons. The monoisotopic (exact) mass is 246 g/mol. The third-order valence-corrected chi connectivity index (χ3v) is 4.06. The molecule has 1 aliphatic rings. The summed E-state index contributed by atoms with van der Waals surface area (Å²) in [6.07, 6.45) is 3.62. The maximum atomic E-state index is 6.05. The average Bonchev–Trinajstić information content (AvgIpc) is 2.79. The SMILES string of the molecule is CCC(N)CC1CCN(Cc2ccc(C)cc2)C1. The standard InChI is InChI=1S/C16H26N2/c1-3-16(17)10-15-8-9-18(12-15)11-14-6-4-13(2)5-7-14/h4-7,15-16H,3,8-12,17H2,1-2H3. The van der Waals surface area contributed by atoms with Crippen LogP contribution in [0, 0.1) is 12.8 Å². The summed E-state index contributed by atoms with van der Waals surface area (Å²) in [6.45, 7) is 7.88. The highest BCUT2D eigenvalue weighted by Gasteiger charge is 2.23. The molecule has 1 fully saturated rings. The average molecular weight is 246 g/mol. The van der Waals surface area contributed by atoms with Gasteiger partial charge in [-0.1, -0.05) is 36.8 Å². The Morgan fingerprint density at radius 1 is 1.33 bits per heavy atom. The molecule has 18 heavy (non-hydrogen) atoms. The molecule has 0 aromatic heterocycles. The van der Waals surface area contributed by atoms with Gasteiger partial charge in [-0.3, -0.25) is 4.90 Å². The van der Waals surface area contributed by atoms with Crippen LogP contribution in [0.3, 0.4) is 0 Å². The van der Waals surface area contributed by atoms with E-state index >= 15 is 0 Å². The van der Waals surface area contributed by atoms with E-state index in [1.54, 1.807) is 0 Å². The highest BCUT2D eigenvalue weighted by molar-refractivity contribution is 5.21. The fourth-order valence-electron chi connectivity index (χ4n) is 2.80. The number of nitrogens with two attached hydrogens (primary N) is 1. The zero-order chi connectivity index (χ0) is 13.0. The van der Waals surface area contributed by atoms with Crippen molar-refractivity contribution >= 4 is 0 Å². The van der Waals surface area contributed by atoms with Crippen LogP contribution in [0.1, 0.15) is 37.3 Å². The van der Waals surface area contributed by atoms with Crippen LogP contribution < -0.4 is 5.73 Å². The smallest absolute Gasteiger partial charge is 0.0233 e. The Balaban J connectivity index is 1.80. The predicted molar refractivity (Wildman–Crippen MR) is 77.4 cm³/mol. The molecule has 2 N–H and O–H groups in total. The number of likely N-dealkylation sites (tertiary alicyclic amines) is 1. The maximum Gasteiger partial charge on any atom is 0.0233 e. The molecule has 0 radical (unpaired) electrons. The summed E-state index contributed by atoms with van der Waals surface area (Å²) in [5, 5.41) is 0. The molecular formula is C16H26N2. The third kappa shape index (κ3) is 3.82. The second-order valence-corrected chi connectivity index (χ2v) is 5.78. The summed E-state index contributed by atoms with van der Waals surface area (Å²) in [6, 6.07) is 9.31. The lowest BCUT2D eigenvalue weighted by Gasteiger charge is -2.18. The van der Waals surface area contributed by atoms with Crippen molar-refractivity contribution in [3.05, 3.63) is 35.4 Å². The van der Waals surface area contributed by atoms with Gasteiger partial charge in [-0.2, -0.15) is 0 Å². The summed E-state index contributed by atoms with van der Waals surface area (Å²) in [7, 11) is 0. The van der Waals surface area contributed by atoms with Gasteiger partial charge in [-0.05, 0) is 44.2 Å². The zero-order valence-electron chi connectivity index (χ0n) is 11.7. The summed E-state index contributed by atoms with van der Waals surface area (Å²) >= 11 is 0. The van der Waals surface area contributed by atoms with Gasteiger partial charge in [0.2, 0.25) is 0 Å². The van der Waals surface area contributed by atoms with E-state index in [1.165, 1.54) is 37.1 Å². The summed E-state index contributed by atoms with van der Waals surface area (Å²) in [4.78, 5) is 2.57. The first-order chi connectivity index (χ1) is 8.67. The quantitative estimate of drug-likeness (QED) is 0.865. The molecule has 1 heterocycles. The van der Waals surface area contributed by atoms with Gasteiger partial charge in [-0.15, -0.1) is 0 Å². The van der Waals surface area contributed by atoms with Crippen molar-refractivity contribution < 1.29 is 0 Å². The molecule has 2 atom stereocenters. The van der Waals surface area contributed by atoms with Crippen molar-refractivity contribution in [3.63, 3.8) is 0 Å². The van der Waals surface area contributed by atoms with E-state index in [0.29, 0.717) is 6.04 Å². The van der Waals surface area contributed by atoms with Crippen molar-refractivity contribution in [3.8, 4) is 0 Å². The molecule has 1 saturated heterocycles. The number of nitrogens with zero attached hydrogens (tertiary/aromatic N) is 1. The van der Waals surface area contributed by atoms with Gasteiger partial charge in [0, 0.05) is 19.1 Å². The van der Waals surface area contributed by atoms with Gasteiger partial charge in [0.15, 0.2) is 0 Å². The Hall–Kier alpha value is -0.860. The van der Waals surface area contributed by atoms with Gasteiger partial charge >= 0.3 is 0 Å². The molecule has 1 aromatic carbocycles. The molecule has 0 saturated carbocycles. The van der Waals surface area contributed by atoms with Crippen LogP contribution in [-0.2, 0) is 6.54 Å². The summed E-state index contributed by atoms with van der Waals surface area (Å²) in [5.74, 6) is 0.811. The van der Waals surface area contributed by atoms with Gasteiger partial charge < -0.3 is 5.73 Å². The first kappa shape index (κ1) is 13.6. The highest BCUT2D eigenvalue weighted by Crippen LogP contribution is 2.23. The normalized spacial score (nSPS) is 22.3. The van der Waals surface area contributed by atoms with Gasteiger partial charge in [0.25, 0.3) is 0 Å². The number of hydrogen-bond acceptors (Lipinski definition) is 2. The van der Waals surface area contributed by atoms with E-state index in [2.05, 4.69) is 43.0 Å². The van der Waals surface area contributed by atoms with Gasteiger partial charge in [0.05, 0.1) is 0 Å². The van der Waals surface area contributed by atoms with Crippen LogP contribution in [0.15, 0.2) is 24.3 Å². The second-order valence-electron chi connectivity index (χ2n) is 5.78. The number of rotatable bonds is 5. The molecular weight excluding hydrogens is 220 g/mol. The topological polar surface area (TPSA) is 29.3 Å². The maximum absolute atomic E-state index is 6.05. The lowest BCUT2D eigenvalue weighted by atomic mass is 9.98. The fraction of sp³-hybridized carbons (Fsp3) is 0.625. The van der Waals surface area contributed by atoms with Crippen molar-refractivity contribution in [2.75, 3.05) is 13.1 Å². The van der Waals surface area contributed by atoms with E-state index in [4.69, 9.17) is 5.73 Å². The van der Waals surface area contributed by atoms with E-state index in [1.807, 2.05) is 0 Å². The molecule has 1 aromatic rings. The third-order valence-electron chi connectivity index (χ3n) is 4.06. The van der Waals surface area contributed by atoms with Gasteiger partial charge in [0.1, 0.15) is 0 Å². The van der Waals surface area contributed by atoms with E-state index in [0.717, 1.165) is 18.9 Å². The Morgan fingerprint density at radius 3 is 2.72 bits per heavy atom. The van der Waals surface area contributed by atoms with Crippen molar-refractivity contribution in [1.82, 2.24) is 4.90 Å². The van der Waals surface area contributed by atoms with E-state index < -0.39 is 0 Å². The molecule has 2 nitrogen and oxygen atoms in total. The van der Waals surface area contributed by atoms with E-state index in [9.17, 15) is 0 Å². The van der Waals surface area contributed by atoms with Crippen molar-refractivity contribution in [2.45, 2.75) is 45.7 Å². The number of hydrogen-bond donors (Lipinski definition) is 1. The van der Waals surface area contributed by atoms with Crippen LogP contribution in [-0.4, -0.2) is 24.0 Å². The molecule has 0 aliphatic carbocycles. The minimum Gasteiger partial charge on any atom is -0.328 e. The number of benzene rings is 1. The molecule has 0 bridgehead atoms. The minimum absolute atomic E-state index is 0.398. The Morgan fingerprint density at radius 2 is 2.06 bits per heavy atom. The molecule has 1 aliphatic heterocycles. The molecule has 2 unspecified atom stereocenters. The fourth-order valence-corrected chi connectivity index (χ4v) is 2.80. The Bertz CT molecular complexity index is 358. The summed E-state index contributed by atoms with van der Waals surface area (Å²) < 4.78 is 0. The zero-order valence-corrected chi connectivity index (χ0v) is 11.7. The first-order valence-corrected chi connectivity index (χ1v) is 7.21. The first-order valence-electron chi connectivity index (χ1n) is 7.21. The van der Waals surface area contributed by atoms with Crippen LogP contribution in [0.25, 0.3) is 0 Å². The van der Waals surface area contributed by atoms with Crippen molar-refractivity contribution in [1.29, 1.82) is 0 Å². The number of aryl methyl sites for hydroxylation is 1. The van der Waals surface area contributed by atoms with E-state index in [-0.39, 0.29) is 0 Å². The lowest BCUT2D eigenvalue weighted by Crippen LogP contribution is -2.25. The van der Waals surface area contributed by atoms with Crippen LogP contribution in [0.5, 0.6) is 0 Å². The Labute approximate surface area is 111 Å². The molecule has 0 spiro atoms. The molecule has 2 rings (SSSR count). The van der Waals surface area contributed by atoms with Gasteiger partial charge in [-0.25, -0.2) is 0 Å². The summed E-state index contributed by atoms with van der Waals surface area (Å²) in [5.41, 5.74) is 8.82. The molecule has 2 heteroatoms. The largest absolute Gasteiger partial charge is 0.328 e. The van der Waals surface area contributed by atoms with Crippen LogP contribution in [0.4, 0.5) is 0 Å². The van der Waals surface area contributed by atoms with Crippen LogP contribution >= 0.6 is 0 Å². The van der Waals surface area contributed by atoms with Crippen molar-refractivity contribution in [2.24, 2.45) is 11.7 Å².